The van der Waals surface area contributed by atoms with Crippen LogP contribution in [-0.2, 0) is 0 Å². The van der Waals surface area contributed by atoms with Crippen molar-refractivity contribution >= 4 is 5.82 Å². The van der Waals surface area contributed by atoms with Gasteiger partial charge in [-0.3, -0.25) is 0 Å². The number of aryl methyl sites for hydroxylation is 1. The summed E-state index contributed by atoms with van der Waals surface area (Å²) in [5.41, 5.74) is 12.2. The van der Waals surface area contributed by atoms with Crippen LogP contribution in [0.4, 0.5) is 5.82 Å². The molecular weight excluding hydrogens is 176 g/mol. The Labute approximate surface area is 84.9 Å². The zero-order valence-corrected chi connectivity index (χ0v) is 8.61. The van der Waals surface area contributed by atoms with Crippen LogP contribution in [0.1, 0.15) is 5.56 Å². The highest BCUT2D eigenvalue weighted by Crippen LogP contribution is 2.14. The van der Waals surface area contributed by atoms with Crippen molar-refractivity contribution in [3.05, 3.63) is 23.9 Å². The van der Waals surface area contributed by atoms with Gasteiger partial charge in [0.2, 0.25) is 0 Å². The van der Waals surface area contributed by atoms with Gasteiger partial charge in [0.25, 0.3) is 0 Å². The fourth-order valence-corrected chi connectivity index (χ4v) is 1.44. The quantitative estimate of drug-likeness (QED) is 0.698. The zero-order chi connectivity index (χ0) is 10.4. The Bertz CT molecular complexity index is 269. The average molecular weight is 194 g/mol. The molecule has 4 nitrogen and oxygen atoms in total. The summed E-state index contributed by atoms with van der Waals surface area (Å²) < 4.78 is 0. The average Bonchev–Trinajstić information content (AvgIpc) is 2.18. The molecule has 0 aliphatic rings. The van der Waals surface area contributed by atoms with E-state index in [1.165, 1.54) is 0 Å². The molecular formula is C10H18N4. The van der Waals surface area contributed by atoms with Crippen LogP contribution in [0.25, 0.3) is 0 Å². The third-order valence-corrected chi connectivity index (χ3v) is 2.08. The van der Waals surface area contributed by atoms with Crippen LogP contribution < -0.4 is 16.4 Å². The number of nitrogens with zero attached hydrogens (tertiary/aromatic N) is 2. The number of rotatable bonds is 5. The molecule has 1 heterocycles. The molecule has 1 rings (SSSR count). The van der Waals surface area contributed by atoms with Gasteiger partial charge in [-0.25, -0.2) is 4.98 Å². The van der Waals surface area contributed by atoms with E-state index in [-0.39, 0.29) is 0 Å². The first kappa shape index (κ1) is 10.9. The molecule has 78 valence electrons. The molecule has 4 heteroatoms. The third kappa shape index (κ3) is 2.68. The first-order chi connectivity index (χ1) is 6.79. The fraction of sp³-hybridized carbons (Fsp3) is 0.500. The maximum Gasteiger partial charge on any atom is 0.131 e. The Kier molecular flexibility index (Phi) is 4.35. The van der Waals surface area contributed by atoms with Gasteiger partial charge in [-0.15, -0.1) is 0 Å². The van der Waals surface area contributed by atoms with Crippen molar-refractivity contribution in [3.8, 4) is 0 Å². The van der Waals surface area contributed by atoms with Crippen molar-refractivity contribution in [1.82, 2.24) is 4.98 Å². The van der Waals surface area contributed by atoms with Gasteiger partial charge in [0.05, 0.1) is 0 Å². The van der Waals surface area contributed by atoms with E-state index < -0.39 is 0 Å². The van der Waals surface area contributed by atoms with Gasteiger partial charge in [-0.05, 0) is 18.6 Å². The number of aromatic nitrogens is 1. The first-order valence-corrected chi connectivity index (χ1v) is 4.86. The Morgan fingerprint density at radius 2 is 1.93 bits per heavy atom. The minimum absolute atomic E-state index is 0.621. The Morgan fingerprint density at radius 1 is 1.29 bits per heavy atom. The molecule has 0 fully saturated rings. The van der Waals surface area contributed by atoms with Gasteiger partial charge in [0.1, 0.15) is 5.82 Å². The molecule has 0 saturated heterocycles. The summed E-state index contributed by atoms with van der Waals surface area (Å²) in [6.07, 6.45) is 1.79. The molecule has 0 bridgehead atoms. The fourth-order valence-electron chi connectivity index (χ4n) is 1.44. The minimum atomic E-state index is 0.621. The molecule has 0 spiro atoms. The van der Waals surface area contributed by atoms with E-state index in [4.69, 9.17) is 11.5 Å². The van der Waals surface area contributed by atoms with E-state index >= 15 is 0 Å². The lowest BCUT2D eigenvalue weighted by Crippen LogP contribution is -2.34. The highest BCUT2D eigenvalue weighted by atomic mass is 15.2. The lowest BCUT2D eigenvalue weighted by atomic mass is 10.2. The number of hydrogen-bond acceptors (Lipinski definition) is 4. The summed E-state index contributed by atoms with van der Waals surface area (Å²) in [5.74, 6) is 0.989. The summed E-state index contributed by atoms with van der Waals surface area (Å²) in [6.45, 7) is 4.89. The molecule has 0 aliphatic carbocycles. The van der Waals surface area contributed by atoms with Crippen LogP contribution in [0, 0.1) is 6.92 Å². The largest absolute Gasteiger partial charge is 0.354 e. The second-order valence-electron chi connectivity index (χ2n) is 3.21. The third-order valence-electron chi connectivity index (χ3n) is 2.08. The predicted octanol–water partition coefficient (Wildman–Crippen LogP) is 0.114. The zero-order valence-electron chi connectivity index (χ0n) is 8.61. The number of nitrogens with two attached hydrogens (primary N) is 2. The molecule has 0 amide bonds. The normalized spacial score (nSPS) is 10.2. The molecule has 1 aromatic rings. The van der Waals surface area contributed by atoms with E-state index in [9.17, 15) is 0 Å². The molecule has 14 heavy (non-hydrogen) atoms. The molecule has 4 N–H and O–H groups in total. The van der Waals surface area contributed by atoms with E-state index in [2.05, 4.69) is 9.88 Å². The standard InChI is InChI=1S/C10H18N4/c1-9-3-2-6-13-10(9)14(7-4-11)8-5-12/h2-3,6H,4-5,7-8,11-12H2,1H3. The smallest absolute Gasteiger partial charge is 0.131 e. The molecule has 0 unspecified atom stereocenters. The summed E-state index contributed by atoms with van der Waals surface area (Å²) in [4.78, 5) is 6.45. The van der Waals surface area contributed by atoms with Crippen LogP contribution in [0.2, 0.25) is 0 Å². The lowest BCUT2D eigenvalue weighted by molar-refractivity contribution is 0.767. The second kappa shape index (κ2) is 5.57. The highest BCUT2D eigenvalue weighted by Gasteiger charge is 2.07. The first-order valence-electron chi connectivity index (χ1n) is 4.86. The number of pyridine rings is 1. The van der Waals surface area contributed by atoms with Crippen molar-refractivity contribution < 1.29 is 0 Å². The van der Waals surface area contributed by atoms with Crippen LogP contribution >= 0.6 is 0 Å². The van der Waals surface area contributed by atoms with Crippen molar-refractivity contribution in [1.29, 1.82) is 0 Å². The summed E-state index contributed by atoms with van der Waals surface area (Å²) in [7, 11) is 0. The van der Waals surface area contributed by atoms with Crippen LogP contribution in [0.15, 0.2) is 18.3 Å². The molecule has 0 aromatic carbocycles. The van der Waals surface area contributed by atoms with Gasteiger partial charge in [-0.1, -0.05) is 6.07 Å². The Balaban J connectivity index is 2.81. The predicted molar refractivity (Wildman–Crippen MR) is 59.3 cm³/mol. The van der Waals surface area contributed by atoms with Crippen LogP contribution in [0.3, 0.4) is 0 Å². The Morgan fingerprint density at radius 3 is 2.43 bits per heavy atom. The second-order valence-corrected chi connectivity index (χ2v) is 3.21. The SMILES string of the molecule is Cc1cccnc1N(CCN)CCN. The van der Waals surface area contributed by atoms with Gasteiger partial charge in [-0.2, -0.15) is 0 Å². The summed E-state index contributed by atoms with van der Waals surface area (Å²) in [6, 6.07) is 3.98. The maximum absolute atomic E-state index is 5.54. The minimum Gasteiger partial charge on any atom is -0.354 e. The van der Waals surface area contributed by atoms with Crippen molar-refractivity contribution in [2.75, 3.05) is 31.1 Å². The molecule has 1 aromatic heterocycles. The van der Waals surface area contributed by atoms with Crippen molar-refractivity contribution in [2.45, 2.75) is 6.92 Å². The topological polar surface area (TPSA) is 68.2 Å². The van der Waals surface area contributed by atoms with E-state index in [0.717, 1.165) is 24.5 Å². The van der Waals surface area contributed by atoms with Crippen molar-refractivity contribution in [2.24, 2.45) is 11.5 Å². The Hall–Kier alpha value is -1.13. The monoisotopic (exact) mass is 194 g/mol. The summed E-state index contributed by atoms with van der Waals surface area (Å²) >= 11 is 0. The van der Waals surface area contributed by atoms with Gasteiger partial charge >= 0.3 is 0 Å². The summed E-state index contributed by atoms with van der Waals surface area (Å²) in [5, 5.41) is 0. The maximum atomic E-state index is 5.54. The molecule has 0 aliphatic heterocycles. The van der Waals surface area contributed by atoms with Crippen LogP contribution in [0.5, 0.6) is 0 Å². The molecule has 0 radical (unpaired) electrons. The van der Waals surface area contributed by atoms with Gasteiger partial charge in [0.15, 0.2) is 0 Å². The molecule has 0 saturated carbocycles. The van der Waals surface area contributed by atoms with Gasteiger partial charge < -0.3 is 16.4 Å². The lowest BCUT2D eigenvalue weighted by Gasteiger charge is -2.23. The van der Waals surface area contributed by atoms with Crippen LogP contribution in [-0.4, -0.2) is 31.2 Å². The highest BCUT2D eigenvalue weighted by molar-refractivity contribution is 5.45. The van der Waals surface area contributed by atoms with E-state index in [1.807, 2.05) is 19.1 Å². The van der Waals surface area contributed by atoms with E-state index in [0.29, 0.717) is 13.1 Å². The van der Waals surface area contributed by atoms with Crippen molar-refractivity contribution in [3.63, 3.8) is 0 Å². The van der Waals surface area contributed by atoms with E-state index in [1.54, 1.807) is 6.20 Å². The molecule has 0 atom stereocenters. The van der Waals surface area contributed by atoms with Gasteiger partial charge in [0, 0.05) is 32.4 Å². The number of anilines is 1. The number of hydrogen-bond donors (Lipinski definition) is 2.